The lowest BCUT2D eigenvalue weighted by atomic mass is 9.98. The van der Waals surface area contributed by atoms with Crippen molar-refractivity contribution >= 4 is 17.3 Å². The van der Waals surface area contributed by atoms with Gasteiger partial charge in [0, 0.05) is 42.7 Å². The van der Waals surface area contributed by atoms with Crippen molar-refractivity contribution in [3.63, 3.8) is 0 Å². The predicted molar refractivity (Wildman–Crippen MR) is 150 cm³/mol. The van der Waals surface area contributed by atoms with Crippen LogP contribution in [0, 0.1) is 0 Å². The Balaban J connectivity index is 1.35. The number of rotatable bonds is 11. The lowest BCUT2D eigenvalue weighted by molar-refractivity contribution is 0.139. The zero-order chi connectivity index (χ0) is 26.4. The van der Waals surface area contributed by atoms with Crippen molar-refractivity contribution in [3.8, 4) is 0 Å². The number of aromatic nitrogens is 4. The van der Waals surface area contributed by atoms with Gasteiger partial charge in [-0.15, -0.1) is 10.2 Å². The molecule has 2 aromatic carbocycles. The fourth-order valence-electron chi connectivity index (χ4n) is 5.74. The Hall–Kier alpha value is -4.17. The van der Waals surface area contributed by atoms with Gasteiger partial charge in [0.2, 0.25) is 0 Å². The Morgan fingerprint density at radius 1 is 1.00 bits per heavy atom. The summed E-state index contributed by atoms with van der Waals surface area (Å²) in [5, 5.41) is 13.7. The minimum Gasteiger partial charge on any atom is -0.467 e. The zero-order valence-corrected chi connectivity index (χ0v) is 21.9. The van der Waals surface area contributed by atoms with Crippen molar-refractivity contribution in [3.05, 3.63) is 108 Å². The van der Waals surface area contributed by atoms with Crippen molar-refractivity contribution in [1.29, 1.82) is 0 Å². The summed E-state index contributed by atoms with van der Waals surface area (Å²) in [6.07, 6.45) is 9.96. The highest BCUT2D eigenvalue weighted by molar-refractivity contribution is 5.83. The summed E-state index contributed by atoms with van der Waals surface area (Å²) in [5.41, 5.74) is 3.68. The van der Waals surface area contributed by atoms with E-state index in [1.54, 1.807) is 6.26 Å². The maximum absolute atomic E-state index is 10.9. The van der Waals surface area contributed by atoms with Gasteiger partial charge >= 0.3 is 6.41 Å². The second kappa shape index (κ2) is 11.7. The third-order valence-electron chi connectivity index (χ3n) is 7.85. The van der Waals surface area contributed by atoms with E-state index in [9.17, 15) is 4.79 Å². The topological polar surface area (TPSA) is 92.0 Å². The largest absolute Gasteiger partial charge is 0.467 e. The number of hydrogen-bond donors (Lipinski definition) is 2. The first-order valence-electron chi connectivity index (χ1n) is 13.7. The van der Waals surface area contributed by atoms with Crippen LogP contribution in [0.4, 0.5) is 0 Å². The number of hydrogen-bond acceptors (Lipinski definition) is 5. The highest BCUT2D eigenvalue weighted by atomic mass is 16.3. The summed E-state index contributed by atoms with van der Waals surface area (Å²) >= 11 is 0. The van der Waals surface area contributed by atoms with E-state index < -0.39 is 0 Å². The van der Waals surface area contributed by atoms with Gasteiger partial charge in [-0.1, -0.05) is 48.5 Å². The molecule has 1 amide bonds. The van der Waals surface area contributed by atoms with E-state index in [4.69, 9.17) is 14.6 Å². The van der Waals surface area contributed by atoms with Crippen LogP contribution in [-0.4, -0.2) is 50.2 Å². The molecule has 1 aliphatic heterocycles. The van der Waals surface area contributed by atoms with Crippen molar-refractivity contribution < 1.29 is 9.21 Å². The smallest absolute Gasteiger partial charge is 0.309 e. The normalized spacial score (nSPS) is 15.5. The maximum Gasteiger partial charge on any atom is 0.309 e. The summed E-state index contributed by atoms with van der Waals surface area (Å²) in [6, 6.07) is 23.1. The molecule has 4 heterocycles. The number of H-pyrrole nitrogens is 1. The van der Waals surface area contributed by atoms with Crippen LogP contribution in [0.25, 0.3) is 10.9 Å². The molecule has 8 nitrogen and oxygen atoms in total. The molecule has 1 saturated heterocycles. The van der Waals surface area contributed by atoms with Gasteiger partial charge in [0.05, 0.1) is 18.8 Å². The van der Waals surface area contributed by atoms with Crippen LogP contribution in [0.3, 0.4) is 0 Å². The molecule has 1 fully saturated rings. The van der Waals surface area contributed by atoms with Gasteiger partial charge in [-0.3, -0.25) is 9.69 Å². The van der Waals surface area contributed by atoms with Crippen LogP contribution in [0.5, 0.6) is 0 Å². The van der Waals surface area contributed by atoms with E-state index in [0.29, 0.717) is 6.54 Å². The fourth-order valence-corrected chi connectivity index (χ4v) is 5.74. The first-order valence-corrected chi connectivity index (χ1v) is 13.7. The molecule has 0 saturated carbocycles. The second-order valence-electron chi connectivity index (χ2n) is 10.3. The first kappa shape index (κ1) is 25.1. The van der Waals surface area contributed by atoms with E-state index in [0.717, 1.165) is 68.1 Å². The van der Waals surface area contributed by atoms with E-state index in [-0.39, 0.29) is 12.1 Å². The van der Waals surface area contributed by atoms with Crippen LogP contribution in [0.15, 0.2) is 83.6 Å². The second-order valence-corrected chi connectivity index (χ2v) is 10.3. The average Bonchev–Trinajstić information content (AvgIpc) is 3.73. The minimum absolute atomic E-state index is 0.0262. The molecule has 8 heteroatoms. The van der Waals surface area contributed by atoms with Gasteiger partial charge in [0.1, 0.15) is 11.6 Å². The summed E-state index contributed by atoms with van der Waals surface area (Å²) < 4.78 is 8.02. The summed E-state index contributed by atoms with van der Waals surface area (Å²) in [5.74, 6) is 2.79. The van der Waals surface area contributed by atoms with E-state index >= 15 is 0 Å². The predicted octanol–water partition coefficient (Wildman–Crippen LogP) is 4.59. The lowest BCUT2D eigenvalue weighted by Crippen LogP contribution is -2.44. The number of benzene rings is 2. The lowest BCUT2D eigenvalue weighted by Gasteiger charge is -2.37. The zero-order valence-electron chi connectivity index (χ0n) is 21.9. The Bertz CT molecular complexity index is 1480. The Morgan fingerprint density at radius 2 is 1.82 bits per heavy atom. The molecule has 0 aliphatic carbocycles. The molecular formula is C31H33N6O2. The number of carbonyl (C=O) groups excluding carboxylic acids is 1. The van der Waals surface area contributed by atoms with Gasteiger partial charge < -0.3 is 19.3 Å². The number of likely N-dealkylation sites (tertiary alicyclic amines) is 1. The van der Waals surface area contributed by atoms with Crippen LogP contribution in [0.2, 0.25) is 0 Å². The van der Waals surface area contributed by atoms with E-state index in [1.165, 1.54) is 16.5 Å². The highest BCUT2D eigenvalue weighted by Crippen LogP contribution is 2.31. The molecule has 1 atom stereocenters. The van der Waals surface area contributed by atoms with Gasteiger partial charge in [-0.05, 0) is 55.0 Å². The van der Waals surface area contributed by atoms with Crippen LogP contribution >= 0.6 is 0 Å². The number of aryl methyl sites for hydroxylation is 2. The molecule has 0 bridgehead atoms. The quantitative estimate of drug-likeness (QED) is 0.248. The summed E-state index contributed by atoms with van der Waals surface area (Å²) in [7, 11) is 0. The van der Waals surface area contributed by atoms with Crippen LogP contribution in [0.1, 0.15) is 47.4 Å². The third-order valence-corrected chi connectivity index (χ3v) is 7.85. The number of nitrogens with one attached hydrogen (secondary N) is 2. The molecular weight excluding hydrogens is 488 g/mol. The highest BCUT2D eigenvalue weighted by Gasteiger charge is 2.31. The Kier molecular flexibility index (Phi) is 7.54. The average molecular weight is 522 g/mol. The van der Waals surface area contributed by atoms with Crippen LogP contribution in [-0.2, 0) is 30.6 Å². The van der Waals surface area contributed by atoms with Crippen molar-refractivity contribution in [1.82, 2.24) is 30.0 Å². The van der Waals surface area contributed by atoms with Gasteiger partial charge in [0.25, 0.3) is 0 Å². The van der Waals surface area contributed by atoms with Gasteiger partial charge in [0.15, 0.2) is 5.82 Å². The molecule has 1 radical (unpaired) electrons. The fraction of sp³-hybridized carbons (Fsp3) is 0.323. The molecule has 199 valence electrons. The number of para-hydroxylation sites is 1. The Morgan fingerprint density at radius 3 is 2.62 bits per heavy atom. The molecule has 3 aromatic heterocycles. The molecule has 39 heavy (non-hydrogen) atoms. The number of fused-ring (bicyclic) bond motifs is 1. The summed E-state index contributed by atoms with van der Waals surface area (Å²) in [4.78, 5) is 16.9. The summed E-state index contributed by atoms with van der Waals surface area (Å²) in [6.45, 7) is 2.31. The molecule has 0 unspecified atom stereocenters. The molecule has 2 N–H and O–H groups in total. The SMILES string of the molecule is O=[C]NC1CCN([C@H](Cc2c[nH]c3ccccc23)c2nnc(CCc3ccccc3)n2Cc2ccco2)CC1. The maximum atomic E-state index is 10.9. The number of furan rings is 1. The number of piperidine rings is 1. The number of nitrogens with zero attached hydrogens (tertiary/aromatic N) is 4. The molecule has 6 rings (SSSR count). The molecule has 5 aromatic rings. The number of amides is 1. The first-order chi connectivity index (χ1) is 19.3. The minimum atomic E-state index is 0.0262. The number of aromatic amines is 1. The Labute approximate surface area is 228 Å². The van der Waals surface area contributed by atoms with Crippen LogP contribution < -0.4 is 5.32 Å². The monoisotopic (exact) mass is 521 g/mol. The van der Waals surface area contributed by atoms with Gasteiger partial charge in [-0.25, -0.2) is 0 Å². The van der Waals surface area contributed by atoms with E-state index in [2.05, 4.69) is 74.5 Å². The standard InChI is InChI=1S/C31H33N6O2/c38-22-33-25-14-16-36(17-15-25)29(19-24-20-32-28-11-5-4-10-27(24)28)31-35-34-30(13-12-23-7-2-1-3-8-23)37(31)21-26-9-6-18-39-26/h1-11,18,20,25,29,32H,12-17,19,21H2,(H,33,38)/t29-/m1/s1. The van der Waals surface area contributed by atoms with Crippen molar-refractivity contribution in [2.45, 2.75) is 50.7 Å². The van der Waals surface area contributed by atoms with Crippen molar-refractivity contribution in [2.75, 3.05) is 13.1 Å². The molecule has 1 aliphatic rings. The van der Waals surface area contributed by atoms with Crippen molar-refractivity contribution in [2.24, 2.45) is 0 Å². The van der Waals surface area contributed by atoms with Gasteiger partial charge in [-0.2, -0.15) is 0 Å². The molecule has 0 spiro atoms. The third kappa shape index (κ3) is 5.66. The van der Waals surface area contributed by atoms with E-state index in [1.807, 2.05) is 24.6 Å².